The first kappa shape index (κ1) is 24.1. The molecule has 2 aromatic carbocycles. The summed E-state index contributed by atoms with van der Waals surface area (Å²) in [5.41, 5.74) is 2.32. The molecule has 1 saturated heterocycles. The van der Waals surface area contributed by atoms with E-state index in [0.717, 1.165) is 11.3 Å². The van der Waals surface area contributed by atoms with Gasteiger partial charge in [-0.25, -0.2) is 9.07 Å². The highest BCUT2D eigenvalue weighted by Crippen LogP contribution is 2.21. The number of benzene rings is 2. The molecule has 1 aromatic heterocycles. The van der Waals surface area contributed by atoms with Crippen molar-refractivity contribution in [1.82, 2.24) is 20.0 Å². The van der Waals surface area contributed by atoms with E-state index >= 15 is 0 Å². The Balaban J connectivity index is 1.27. The average Bonchev–Trinajstić information content (AvgIpc) is 3.27. The van der Waals surface area contributed by atoms with Crippen molar-refractivity contribution in [3.63, 3.8) is 0 Å². The van der Waals surface area contributed by atoms with Gasteiger partial charge in [-0.2, -0.15) is 10.4 Å². The van der Waals surface area contributed by atoms with Crippen LogP contribution in [0.2, 0.25) is 0 Å². The number of nitriles is 1. The molecule has 0 unspecified atom stereocenters. The van der Waals surface area contributed by atoms with E-state index in [1.54, 1.807) is 19.1 Å². The summed E-state index contributed by atoms with van der Waals surface area (Å²) < 4.78 is 15.2. The number of carbonyl (C=O) groups is 2. The molecular weight excluding hydrogens is 447 g/mol. The smallest absolute Gasteiger partial charge is 0.239 e. The highest BCUT2D eigenvalue weighted by atomic mass is 19.1. The molecule has 0 atom stereocenters. The number of nitrogens with zero attached hydrogens (tertiary/aromatic N) is 4. The molecule has 1 fully saturated rings. The van der Waals surface area contributed by atoms with Crippen molar-refractivity contribution in [1.29, 1.82) is 5.26 Å². The minimum atomic E-state index is -0.281. The van der Waals surface area contributed by atoms with Crippen LogP contribution in [0.25, 0.3) is 5.69 Å². The zero-order valence-corrected chi connectivity index (χ0v) is 19.5. The first-order valence-corrected chi connectivity index (χ1v) is 11.5. The monoisotopic (exact) mass is 474 g/mol. The first-order chi connectivity index (χ1) is 16.9. The summed E-state index contributed by atoms with van der Waals surface area (Å²) in [5, 5.41) is 19.4. The van der Waals surface area contributed by atoms with E-state index < -0.39 is 0 Å². The Morgan fingerprint density at radius 3 is 2.60 bits per heavy atom. The molecule has 0 bridgehead atoms. The maximum Gasteiger partial charge on any atom is 0.239 e. The third-order valence-corrected chi connectivity index (χ3v) is 6.18. The van der Waals surface area contributed by atoms with Gasteiger partial charge in [0.2, 0.25) is 11.8 Å². The second kappa shape index (κ2) is 10.9. The maximum absolute atomic E-state index is 13.7. The van der Waals surface area contributed by atoms with Gasteiger partial charge in [0.25, 0.3) is 0 Å². The van der Waals surface area contributed by atoms with E-state index in [1.165, 1.54) is 16.9 Å². The molecule has 9 heteroatoms. The third kappa shape index (κ3) is 5.91. The number of piperidine rings is 1. The fourth-order valence-corrected chi connectivity index (χ4v) is 4.12. The van der Waals surface area contributed by atoms with Gasteiger partial charge in [-0.1, -0.05) is 30.3 Å². The highest BCUT2D eigenvalue weighted by molar-refractivity contribution is 5.93. The summed E-state index contributed by atoms with van der Waals surface area (Å²) in [6, 6.07) is 16.3. The SMILES string of the molecule is Cc1ccc(CNC(=O)C2CCN(CC(=O)Nc3c(C#N)cnn3-c3ccccc3)CC2)cc1F. The Morgan fingerprint density at radius 1 is 1.17 bits per heavy atom. The van der Waals surface area contributed by atoms with Gasteiger partial charge in [-0.05, 0) is 62.2 Å². The molecule has 2 amide bonds. The van der Waals surface area contributed by atoms with Crippen LogP contribution in [-0.4, -0.2) is 46.1 Å². The Morgan fingerprint density at radius 2 is 1.91 bits per heavy atom. The Kier molecular flexibility index (Phi) is 7.53. The lowest BCUT2D eigenvalue weighted by Gasteiger charge is -2.30. The summed E-state index contributed by atoms with van der Waals surface area (Å²) in [6.45, 7) is 3.35. The van der Waals surface area contributed by atoms with E-state index in [0.29, 0.717) is 37.3 Å². The van der Waals surface area contributed by atoms with Crippen LogP contribution in [0.1, 0.15) is 29.5 Å². The quantitative estimate of drug-likeness (QED) is 0.548. The second-order valence-electron chi connectivity index (χ2n) is 8.67. The minimum Gasteiger partial charge on any atom is -0.352 e. The van der Waals surface area contributed by atoms with Crippen molar-refractivity contribution in [3.8, 4) is 11.8 Å². The molecule has 0 radical (unpaired) electrons. The van der Waals surface area contributed by atoms with Crippen LogP contribution in [0, 0.1) is 30.0 Å². The summed E-state index contributed by atoms with van der Waals surface area (Å²) in [4.78, 5) is 27.3. The van der Waals surface area contributed by atoms with E-state index in [9.17, 15) is 19.2 Å². The van der Waals surface area contributed by atoms with Crippen LogP contribution in [0.4, 0.5) is 10.2 Å². The zero-order chi connectivity index (χ0) is 24.8. The Hall–Kier alpha value is -4.03. The lowest BCUT2D eigenvalue weighted by Crippen LogP contribution is -2.43. The molecule has 1 aliphatic rings. The van der Waals surface area contributed by atoms with Crippen LogP contribution in [0.3, 0.4) is 0 Å². The number of aryl methyl sites for hydroxylation is 1. The van der Waals surface area contributed by atoms with Crippen molar-refractivity contribution < 1.29 is 14.0 Å². The molecule has 0 spiro atoms. The van der Waals surface area contributed by atoms with E-state index in [-0.39, 0.29) is 42.2 Å². The predicted molar refractivity (Wildman–Crippen MR) is 129 cm³/mol. The normalized spacial score (nSPS) is 14.3. The van der Waals surface area contributed by atoms with Gasteiger partial charge in [-0.3, -0.25) is 14.5 Å². The molecule has 180 valence electrons. The number of hydrogen-bond donors (Lipinski definition) is 2. The molecule has 0 aliphatic carbocycles. The first-order valence-electron chi connectivity index (χ1n) is 11.5. The number of rotatable bonds is 7. The number of halogens is 1. The van der Waals surface area contributed by atoms with Crippen molar-refractivity contribution in [3.05, 3.63) is 77.2 Å². The Bertz CT molecular complexity index is 1240. The van der Waals surface area contributed by atoms with Crippen LogP contribution < -0.4 is 10.6 Å². The van der Waals surface area contributed by atoms with Gasteiger partial charge in [0.05, 0.1) is 18.4 Å². The third-order valence-electron chi connectivity index (χ3n) is 6.18. The fraction of sp³-hybridized carbons (Fsp3) is 0.308. The molecular formula is C26H27FN6O2. The summed E-state index contributed by atoms with van der Waals surface area (Å²) in [7, 11) is 0. The lowest BCUT2D eigenvalue weighted by molar-refractivity contribution is -0.126. The number of anilines is 1. The average molecular weight is 475 g/mol. The highest BCUT2D eigenvalue weighted by Gasteiger charge is 2.26. The largest absolute Gasteiger partial charge is 0.352 e. The number of para-hydroxylation sites is 1. The lowest BCUT2D eigenvalue weighted by atomic mass is 9.96. The minimum absolute atomic E-state index is 0.0551. The van der Waals surface area contributed by atoms with Gasteiger partial charge in [0, 0.05) is 12.5 Å². The summed E-state index contributed by atoms with van der Waals surface area (Å²) in [5.74, 6) is -0.388. The van der Waals surface area contributed by atoms with Gasteiger partial charge >= 0.3 is 0 Å². The second-order valence-corrected chi connectivity index (χ2v) is 8.67. The van der Waals surface area contributed by atoms with Crippen LogP contribution >= 0.6 is 0 Å². The molecule has 0 saturated carbocycles. The number of hydrogen-bond acceptors (Lipinski definition) is 5. The molecule has 4 rings (SSSR count). The predicted octanol–water partition coefficient (Wildman–Crippen LogP) is 3.16. The molecule has 2 heterocycles. The van der Waals surface area contributed by atoms with Crippen LogP contribution in [0.5, 0.6) is 0 Å². The number of aromatic nitrogens is 2. The zero-order valence-electron chi connectivity index (χ0n) is 19.5. The van der Waals surface area contributed by atoms with E-state index in [4.69, 9.17) is 0 Å². The van der Waals surface area contributed by atoms with Crippen molar-refractivity contribution in [2.24, 2.45) is 5.92 Å². The molecule has 1 aliphatic heterocycles. The molecule has 3 aromatic rings. The van der Waals surface area contributed by atoms with Gasteiger partial charge in [0.1, 0.15) is 17.4 Å². The van der Waals surface area contributed by atoms with Gasteiger partial charge in [-0.15, -0.1) is 0 Å². The van der Waals surface area contributed by atoms with Crippen LogP contribution in [-0.2, 0) is 16.1 Å². The van der Waals surface area contributed by atoms with E-state index in [2.05, 4.69) is 21.8 Å². The number of amides is 2. The van der Waals surface area contributed by atoms with E-state index in [1.807, 2.05) is 35.2 Å². The standard InChI is InChI=1S/C26H27FN6O2/c1-18-7-8-19(13-23(18)27)15-29-26(35)20-9-11-32(12-10-20)17-24(34)31-25-21(14-28)16-30-33(25)22-5-3-2-4-6-22/h2-8,13,16,20H,9-12,15,17H2,1H3,(H,29,35)(H,31,34). The number of likely N-dealkylation sites (tertiary alicyclic amines) is 1. The van der Waals surface area contributed by atoms with Gasteiger partial charge < -0.3 is 10.6 Å². The number of nitrogens with one attached hydrogen (secondary N) is 2. The summed E-state index contributed by atoms with van der Waals surface area (Å²) >= 11 is 0. The van der Waals surface area contributed by atoms with Crippen molar-refractivity contribution >= 4 is 17.6 Å². The topological polar surface area (TPSA) is 103 Å². The Labute approximate surface area is 203 Å². The summed E-state index contributed by atoms with van der Waals surface area (Å²) in [6.07, 6.45) is 2.69. The number of carbonyl (C=O) groups excluding carboxylic acids is 2. The van der Waals surface area contributed by atoms with Gasteiger partial charge in [0.15, 0.2) is 5.82 Å². The molecule has 8 nitrogen and oxygen atoms in total. The molecule has 35 heavy (non-hydrogen) atoms. The maximum atomic E-state index is 13.7. The van der Waals surface area contributed by atoms with Crippen molar-refractivity contribution in [2.45, 2.75) is 26.3 Å². The van der Waals surface area contributed by atoms with Crippen LogP contribution in [0.15, 0.2) is 54.7 Å². The van der Waals surface area contributed by atoms with Crippen molar-refractivity contribution in [2.75, 3.05) is 25.0 Å². The fourth-order valence-electron chi connectivity index (χ4n) is 4.12. The molecule has 2 N–H and O–H groups in total.